The van der Waals surface area contributed by atoms with Crippen LogP contribution in [0, 0.1) is 12.8 Å². The molecule has 0 unspecified atom stereocenters. The summed E-state index contributed by atoms with van der Waals surface area (Å²) < 4.78 is 5.38. The standard InChI is InChI=1S/C17H23N5O/c1-12-2-5-15(18-8-12)19-9-13-6-7-22(10-13)11-16-20-17(21-23-16)14-3-4-14/h2,5,8,13-14H,3-4,6-7,9-11H2,1H3,(H,18,19)/t13-/m1/s1. The largest absolute Gasteiger partial charge is 0.370 e. The van der Waals surface area contributed by atoms with Gasteiger partial charge < -0.3 is 9.84 Å². The molecule has 3 heterocycles. The van der Waals surface area contributed by atoms with Crippen LogP contribution in [-0.2, 0) is 6.54 Å². The van der Waals surface area contributed by atoms with Gasteiger partial charge in [0.15, 0.2) is 5.82 Å². The first kappa shape index (κ1) is 14.6. The Kier molecular flexibility index (Phi) is 3.99. The Bertz CT molecular complexity index is 649. The van der Waals surface area contributed by atoms with Crippen LogP contribution in [0.4, 0.5) is 5.82 Å². The molecule has 1 atom stereocenters. The molecule has 0 amide bonds. The molecule has 1 aliphatic carbocycles. The Labute approximate surface area is 136 Å². The van der Waals surface area contributed by atoms with Crippen molar-refractivity contribution in [2.45, 2.75) is 38.6 Å². The molecule has 1 aliphatic heterocycles. The van der Waals surface area contributed by atoms with E-state index in [1.165, 1.54) is 24.8 Å². The number of nitrogens with zero attached hydrogens (tertiary/aromatic N) is 4. The van der Waals surface area contributed by atoms with Crippen molar-refractivity contribution < 1.29 is 4.52 Å². The minimum atomic E-state index is 0.560. The predicted molar refractivity (Wildman–Crippen MR) is 87.1 cm³/mol. The molecule has 1 saturated carbocycles. The van der Waals surface area contributed by atoms with Crippen LogP contribution in [0.1, 0.15) is 42.5 Å². The summed E-state index contributed by atoms with van der Waals surface area (Å²) in [6.07, 6.45) is 5.52. The molecule has 1 N–H and O–H groups in total. The van der Waals surface area contributed by atoms with Crippen LogP contribution in [0.3, 0.4) is 0 Å². The summed E-state index contributed by atoms with van der Waals surface area (Å²) in [6, 6.07) is 4.13. The molecule has 6 heteroatoms. The molecular formula is C17H23N5O. The van der Waals surface area contributed by atoms with Gasteiger partial charge in [0.2, 0.25) is 5.89 Å². The second-order valence-corrected chi connectivity index (χ2v) is 6.81. The molecule has 4 rings (SSSR count). The maximum atomic E-state index is 5.38. The molecule has 1 saturated heterocycles. The third-order valence-electron chi connectivity index (χ3n) is 4.64. The van der Waals surface area contributed by atoms with Crippen molar-refractivity contribution >= 4 is 5.82 Å². The fraction of sp³-hybridized carbons (Fsp3) is 0.588. The maximum absolute atomic E-state index is 5.38. The lowest BCUT2D eigenvalue weighted by atomic mass is 10.1. The average Bonchev–Trinajstić information content (AvgIpc) is 3.14. The smallest absolute Gasteiger partial charge is 0.240 e. The summed E-state index contributed by atoms with van der Waals surface area (Å²) in [4.78, 5) is 11.3. The van der Waals surface area contributed by atoms with E-state index in [0.717, 1.165) is 43.7 Å². The Hall–Kier alpha value is -1.95. The van der Waals surface area contributed by atoms with Gasteiger partial charge in [-0.05, 0) is 50.3 Å². The highest BCUT2D eigenvalue weighted by atomic mass is 16.5. The molecular weight excluding hydrogens is 290 g/mol. The lowest BCUT2D eigenvalue weighted by Gasteiger charge is -2.14. The van der Waals surface area contributed by atoms with E-state index in [9.17, 15) is 0 Å². The summed E-state index contributed by atoms with van der Waals surface area (Å²) in [7, 11) is 0. The van der Waals surface area contributed by atoms with Gasteiger partial charge in [-0.15, -0.1) is 0 Å². The van der Waals surface area contributed by atoms with E-state index in [2.05, 4.69) is 38.3 Å². The molecule has 0 bridgehead atoms. The lowest BCUT2D eigenvalue weighted by Crippen LogP contribution is -2.23. The van der Waals surface area contributed by atoms with Gasteiger partial charge in [-0.25, -0.2) is 4.98 Å². The summed E-state index contributed by atoms with van der Waals surface area (Å²) in [5.41, 5.74) is 1.19. The Morgan fingerprint density at radius 1 is 1.30 bits per heavy atom. The number of hydrogen-bond acceptors (Lipinski definition) is 6. The van der Waals surface area contributed by atoms with Gasteiger partial charge in [0.1, 0.15) is 5.82 Å². The highest BCUT2D eigenvalue weighted by Crippen LogP contribution is 2.38. The number of aryl methyl sites for hydroxylation is 1. The predicted octanol–water partition coefficient (Wildman–Crippen LogP) is 2.58. The first-order valence-electron chi connectivity index (χ1n) is 8.47. The van der Waals surface area contributed by atoms with Gasteiger partial charge in [0.25, 0.3) is 0 Å². The SMILES string of the molecule is Cc1ccc(NC[C@H]2CCN(Cc3nc(C4CC4)no3)C2)nc1. The summed E-state index contributed by atoms with van der Waals surface area (Å²) >= 11 is 0. The minimum Gasteiger partial charge on any atom is -0.370 e. The van der Waals surface area contributed by atoms with Crippen molar-refractivity contribution in [1.82, 2.24) is 20.0 Å². The monoisotopic (exact) mass is 313 g/mol. The van der Waals surface area contributed by atoms with Gasteiger partial charge in [-0.2, -0.15) is 4.98 Å². The van der Waals surface area contributed by atoms with E-state index in [4.69, 9.17) is 4.52 Å². The molecule has 122 valence electrons. The molecule has 2 aromatic rings. The molecule has 0 radical (unpaired) electrons. The summed E-state index contributed by atoms with van der Waals surface area (Å²) in [6.45, 7) is 5.95. The number of nitrogens with one attached hydrogen (secondary N) is 1. The van der Waals surface area contributed by atoms with Crippen molar-refractivity contribution in [3.63, 3.8) is 0 Å². The fourth-order valence-electron chi connectivity index (χ4n) is 3.08. The molecule has 0 spiro atoms. The molecule has 2 aromatic heterocycles. The number of pyridine rings is 1. The summed E-state index contributed by atoms with van der Waals surface area (Å²) in [5.74, 6) is 3.83. The van der Waals surface area contributed by atoms with Crippen LogP contribution in [0.5, 0.6) is 0 Å². The Morgan fingerprint density at radius 3 is 3.00 bits per heavy atom. The van der Waals surface area contributed by atoms with Crippen molar-refractivity contribution in [3.8, 4) is 0 Å². The molecule has 23 heavy (non-hydrogen) atoms. The van der Waals surface area contributed by atoms with Crippen LogP contribution in [-0.4, -0.2) is 39.7 Å². The zero-order valence-electron chi connectivity index (χ0n) is 13.5. The Morgan fingerprint density at radius 2 is 2.22 bits per heavy atom. The van der Waals surface area contributed by atoms with E-state index in [1.54, 1.807) is 0 Å². The van der Waals surface area contributed by atoms with Gasteiger partial charge >= 0.3 is 0 Å². The molecule has 0 aromatic carbocycles. The quantitative estimate of drug-likeness (QED) is 0.884. The number of anilines is 1. The zero-order chi connectivity index (χ0) is 15.6. The zero-order valence-corrected chi connectivity index (χ0v) is 13.5. The molecule has 6 nitrogen and oxygen atoms in total. The van der Waals surface area contributed by atoms with Gasteiger partial charge in [-0.3, -0.25) is 4.90 Å². The number of likely N-dealkylation sites (tertiary alicyclic amines) is 1. The number of aromatic nitrogens is 3. The van der Waals surface area contributed by atoms with E-state index in [1.807, 2.05) is 12.3 Å². The van der Waals surface area contributed by atoms with Crippen molar-refractivity contribution in [3.05, 3.63) is 35.6 Å². The minimum absolute atomic E-state index is 0.560. The molecule has 2 aliphatic rings. The van der Waals surface area contributed by atoms with E-state index < -0.39 is 0 Å². The van der Waals surface area contributed by atoms with Gasteiger partial charge in [-0.1, -0.05) is 11.2 Å². The molecule has 2 fully saturated rings. The highest BCUT2D eigenvalue weighted by Gasteiger charge is 2.30. The van der Waals surface area contributed by atoms with Gasteiger partial charge in [0, 0.05) is 25.2 Å². The first-order chi connectivity index (χ1) is 11.3. The van der Waals surface area contributed by atoms with Crippen LogP contribution < -0.4 is 5.32 Å². The maximum Gasteiger partial charge on any atom is 0.240 e. The van der Waals surface area contributed by atoms with Crippen LogP contribution >= 0.6 is 0 Å². The second-order valence-electron chi connectivity index (χ2n) is 6.81. The van der Waals surface area contributed by atoms with E-state index in [-0.39, 0.29) is 0 Å². The van der Waals surface area contributed by atoms with E-state index in [0.29, 0.717) is 11.8 Å². The van der Waals surface area contributed by atoms with Crippen molar-refractivity contribution in [1.29, 1.82) is 0 Å². The van der Waals surface area contributed by atoms with Crippen molar-refractivity contribution in [2.24, 2.45) is 5.92 Å². The Balaban J connectivity index is 1.24. The van der Waals surface area contributed by atoms with Crippen molar-refractivity contribution in [2.75, 3.05) is 25.0 Å². The average molecular weight is 313 g/mol. The summed E-state index contributed by atoms with van der Waals surface area (Å²) in [5, 5.41) is 7.53. The third-order valence-corrected chi connectivity index (χ3v) is 4.64. The van der Waals surface area contributed by atoms with Crippen LogP contribution in [0.25, 0.3) is 0 Å². The van der Waals surface area contributed by atoms with E-state index >= 15 is 0 Å². The number of rotatable bonds is 6. The van der Waals surface area contributed by atoms with Gasteiger partial charge in [0.05, 0.1) is 6.54 Å². The first-order valence-corrected chi connectivity index (χ1v) is 8.47. The highest BCUT2D eigenvalue weighted by molar-refractivity contribution is 5.35. The normalized spacial score (nSPS) is 21.7. The third kappa shape index (κ3) is 3.69. The van der Waals surface area contributed by atoms with Crippen LogP contribution in [0.15, 0.2) is 22.9 Å². The topological polar surface area (TPSA) is 67.1 Å². The fourth-order valence-corrected chi connectivity index (χ4v) is 3.08. The lowest BCUT2D eigenvalue weighted by molar-refractivity contribution is 0.261. The second kappa shape index (κ2) is 6.28. The number of hydrogen-bond donors (Lipinski definition) is 1. The van der Waals surface area contributed by atoms with Crippen LogP contribution in [0.2, 0.25) is 0 Å².